The summed E-state index contributed by atoms with van der Waals surface area (Å²) in [5.74, 6) is -0.759. The van der Waals surface area contributed by atoms with Crippen molar-refractivity contribution in [3.8, 4) is 5.69 Å². The average Bonchev–Trinajstić information content (AvgIpc) is 3.47. The van der Waals surface area contributed by atoms with E-state index in [1.807, 2.05) is 16.7 Å². The first-order valence-corrected chi connectivity index (χ1v) is 10.6. The van der Waals surface area contributed by atoms with E-state index in [0.717, 1.165) is 11.1 Å². The number of amides is 1. The molecule has 1 heterocycles. The number of aliphatic carboxylic acids is 1. The molecule has 4 rings (SSSR count). The van der Waals surface area contributed by atoms with E-state index < -0.39 is 12.5 Å². The van der Waals surface area contributed by atoms with Crippen molar-refractivity contribution >= 4 is 50.3 Å². The van der Waals surface area contributed by atoms with Gasteiger partial charge < -0.3 is 10.4 Å². The third-order valence-corrected chi connectivity index (χ3v) is 6.00. The second-order valence-electron chi connectivity index (χ2n) is 6.54. The summed E-state index contributed by atoms with van der Waals surface area (Å²) in [7, 11) is 0. The summed E-state index contributed by atoms with van der Waals surface area (Å²) in [6.45, 7) is -0.400. The minimum Gasteiger partial charge on any atom is -0.480 e. The Morgan fingerprint density at radius 2 is 1.93 bits per heavy atom. The van der Waals surface area contributed by atoms with Gasteiger partial charge in [0.25, 0.3) is 0 Å². The van der Waals surface area contributed by atoms with Gasteiger partial charge in [-0.15, -0.1) is 10.2 Å². The maximum Gasteiger partial charge on any atom is 0.322 e. The van der Waals surface area contributed by atoms with Crippen LogP contribution in [0, 0.1) is 0 Å². The highest BCUT2D eigenvalue weighted by Crippen LogP contribution is 2.44. The van der Waals surface area contributed by atoms with Crippen LogP contribution in [0.1, 0.15) is 24.3 Å². The molecule has 1 aliphatic carbocycles. The lowest BCUT2D eigenvalue weighted by atomic mass is 9.99. The number of benzene rings is 2. The average molecular weight is 461 g/mol. The highest BCUT2D eigenvalue weighted by atomic mass is 79.9. The first-order valence-electron chi connectivity index (χ1n) is 8.79. The predicted octanol–water partition coefficient (Wildman–Crippen LogP) is 3.35. The summed E-state index contributed by atoms with van der Waals surface area (Å²) < 4.78 is 2.42. The fraction of sp³-hybridized carbons (Fsp3) is 0.263. The maximum absolute atomic E-state index is 11.8. The molecule has 1 amide bonds. The van der Waals surface area contributed by atoms with E-state index in [2.05, 4.69) is 55.7 Å². The van der Waals surface area contributed by atoms with Crippen molar-refractivity contribution in [3.05, 3.63) is 46.7 Å². The van der Waals surface area contributed by atoms with E-state index in [0.29, 0.717) is 15.8 Å². The van der Waals surface area contributed by atoms with Gasteiger partial charge in [0.2, 0.25) is 10.6 Å². The van der Waals surface area contributed by atoms with Crippen LogP contribution in [0.5, 0.6) is 0 Å². The quantitative estimate of drug-likeness (QED) is 0.524. The minimum absolute atomic E-state index is 0.0521. The Hall–Kier alpha value is -2.39. The van der Waals surface area contributed by atoms with Crippen LogP contribution < -0.4 is 5.32 Å². The smallest absolute Gasteiger partial charge is 0.322 e. The SMILES string of the molecule is O=C(O)CNC(=O)CSc1nnc(Br)n1-c1ccc(C2CC2)c2ccccc12. The lowest BCUT2D eigenvalue weighted by molar-refractivity contribution is -0.137. The Morgan fingerprint density at radius 3 is 2.64 bits per heavy atom. The molecule has 1 saturated carbocycles. The van der Waals surface area contributed by atoms with Gasteiger partial charge in [-0.25, -0.2) is 0 Å². The zero-order valence-electron chi connectivity index (χ0n) is 14.8. The van der Waals surface area contributed by atoms with Gasteiger partial charge in [0, 0.05) is 5.39 Å². The molecule has 9 heteroatoms. The molecule has 3 aromatic rings. The van der Waals surface area contributed by atoms with Gasteiger partial charge in [0.1, 0.15) is 6.54 Å². The van der Waals surface area contributed by atoms with Crippen molar-refractivity contribution in [1.29, 1.82) is 0 Å². The van der Waals surface area contributed by atoms with Crippen LogP contribution in [0.4, 0.5) is 0 Å². The number of fused-ring (bicyclic) bond motifs is 1. The molecule has 0 unspecified atom stereocenters. The summed E-state index contributed by atoms with van der Waals surface area (Å²) in [6, 6.07) is 12.5. The van der Waals surface area contributed by atoms with Gasteiger partial charge >= 0.3 is 5.97 Å². The molecular weight excluding hydrogens is 444 g/mol. The van der Waals surface area contributed by atoms with Gasteiger partial charge in [0.15, 0.2) is 5.16 Å². The van der Waals surface area contributed by atoms with Crippen molar-refractivity contribution in [2.45, 2.75) is 23.9 Å². The number of carbonyl (C=O) groups excluding carboxylic acids is 1. The highest BCUT2D eigenvalue weighted by Gasteiger charge is 2.26. The zero-order valence-corrected chi connectivity index (χ0v) is 17.2. The molecule has 1 aliphatic rings. The Labute approximate surface area is 173 Å². The van der Waals surface area contributed by atoms with Crippen molar-refractivity contribution in [2.24, 2.45) is 0 Å². The molecule has 7 nitrogen and oxygen atoms in total. The van der Waals surface area contributed by atoms with E-state index in [4.69, 9.17) is 5.11 Å². The minimum atomic E-state index is -1.08. The number of hydrogen-bond donors (Lipinski definition) is 2. The summed E-state index contributed by atoms with van der Waals surface area (Å²) in [6.07, 6.45) is 2.46. The molecule has 2 aromatic carbocycles. The number of aromatic nitrogens is 3. The molecule has 2 N–H and O–H groups in total. The number of nitrogens with one attached hydrogen (secondary N) is 1. The van der Waals surface area contributed by atoms with E-state index in [1.54, 1.807) is 0 Å². The van der Waals surface area contributed by atoms with Gasteiger partial charge in [-0.3, -0.25) is 14.2 Å². The number of carboxylic acids is 1. The van der Waals surface area contributed by atoms with E-state index >= 15 is 0 Å². The lowest BCUT2D eigenvalue weighted by Gasteiger charge is -2.13. The van der Waals surface area contributed by atoms with Gasteiger partial charge in [-0.05, 0) is 51.7 Å². The fourth-order valence-corrected chi connectivity index (χ4v) is 4.49. The highest BCUT2D eigenvalue weighted by molar-refractivity contribution is 9.10. The van der Waals surface area contributed by atoms with E-state index in [-0.39, 0.29) is 11.7 Å². The Balaban J connectivity index is 1.65. The Bertz CT molecular complexity index is 1060. The Kier molecular flexibility index (Phi) is 5.36. The second-order valence-corrected chi connectivity index (χ2v) is 8.19. The van der Waals surface area contributed by atoms with Gasteiger partial charge in [-0.1, -0.05) is 42.1 Å². The van der Waals surface area contributed by atoms with E-state index in [1.165, 1.54) is 35.6 Å². The number of rotatable bonds is 7. The topological polar surface area (TPSA) is 97.1 Å². The molecule has 0 spiro atoms. The molecule has 1 fully saturated rings. The fourth-order valence-electron chi connectivity index (χ4n) is 3.16. The first-order chi connectivity index (χ1) is 13.5. The molecule has 0 bridgehead atoms. The number of thioether (sulfide) groups is 1. The number of carboxylic acid groups (broad SMARTS) is 1. The first kappa shape index (κ1) is 18.9. The molecular formula is C19H17BrN4O3S. The monoisotopic (exact) mass is 460 g/mol. The predicted molar refractivity (Wildman–Crippen MR) is 110 cm³/mol. The summed E-state index contributed by atoms with van der Waals surface area (Å²) in [5, 5.41) is 22.2. The molecule has 144 valence electrons. The van der Waals surface area contributed by atoms with Crippen molar-refractivity contribution < 1.29 is 14.7 Å². The number of halogens is 1. The second kappa shape index (κ2) is 7.92. The van der Waals surface area contributed by atoms with Crippen LogP contribution in [0.15, 0.2) is 46.3 Å². The van der Waals surface area contributed by atoms with E-state index in [9.17, 15) is 9.59 Å². The normalized spacial score (nSPS) is 13.6. The third kappa shape index (κ3) is 3.90. The van der Waals surface area contributed by atoms with Crippen LogP contribution in [-0.4, -0.2) is 44.0 Å². The molecule has 28 heavy (non-hydrogen) atoms. The number of hydrogen-bond acceptors (Lipinski definition) is 5. The molecule has 1 aromatic heterocycles. The largest absolute Gasteiger partial charge is 0.480 e. The van der Waals surface area contributed by atoms with Crippen LogP contribution >= 0.6 is 27.7 Å². The van der Waals surface area contributed by atoms with Crippen LogP contribution in [-0.2, 0) is 9.59 Å². The molecule has 0 atom stereocenters. The van der Waals surface area contributed by atoms with Crippen LogP contribution in [0.2, 0.25) is 0 Å². The maximum atomic E-state index is 11.8. The molecule has 0 saturated heterocycles. The zero-order chi connectivity index (χ0) is 19.7. The lowest BCUT2D eigenvalue weighted by Crippen LogP contribution is -2.30. The van der Waals surface area contributed by atoms with Crippen molar-refractivity contribution in [1.82, 2.24) is 20.1 Å². The summed E-state index contributed by atoms with van der Waals surface area (Å²) in [4.78, 5) is 22.4. The number of nitrogens with zero attached hydrogens (tertiary/aromatic N) is 3. The standard InChI is InChI=1S/C19H17BrN4O3S/c20-18-22-23-19(28-10-16(25)21-9-17(26)27)24(18)15-8-7-12(11-5-6-11)13-3-1-2-4-14(13)15/h1-4,7-8,11H,5-6,9-10H2,(H,21,25)(H,26,27). The van der Waals surface area contributed by atoms with Gasteiger partial charge in [0.05, 0.1) is 11.4 Å². The summed E-state index contributed by atoms with van der Waals surface area (Å²) in [5.41, 5.74) is 2.30. The van der Waals surface area contributed by atoms with Crippen LogP contribution in [0.3, 0.4) is 0 Å². The van der Waals surface area contributed by atoms with Crippen molar-refractivity contribution in [3.63, 3.8) is 0 Å². The Morgan fingerprint density at radius 1 is 1.18 bits per heavy atom. The van der Waals surface area contributed by atoms with Gasteiger partial charge in [-0.2, -0.15) is 0 Å². The number of carbonyl (C=O) groups is 2. The van der Waals surface area contributed by atoms with Crippen molar-refractivity contribution in [2.75, 3.05) is 12.3 Å². The van der Waals surface area contributed by atoms with Crippen LogP contribution in [0.25, 0.3) is 16.5 Å². The molecule has 0 aliphatic heterocycles. The molecule has 0 radical (unpaired) electrons. The summed E-state index contributed by atoms with van der Waals surface area (Å²) >= 11 is 4.66. The third-order valence-electron chi connectivity index (χ3n) is 4.56.